The Bertz CT molecular complexity index is 4200. The topological polar surface area (TPSA) is 48.5 Å². The third-order valence-electron chi connectivity index (χ3n) is 14.1. The predicted octanol–water partition coefficient (Wildman–Crippen LogP) is 9.59. The summed E-state index contributed by atoms with van der Waals surface area (Å²) < 4.78 is 4.60. The number of para-hydroxylation sites is 2. The average Bonchev–Trinajstić information content (AvgIpc) is 3.95. The van der Waals surface area contributed by atoms with Crippen LogP contribution in [0.4, 0.5) is 0 Å². The number of nitrogens with zero attached hydrogens (tertiary/aromatic N) is 5. The zero-order chi connectivity index (χ0) is 47.9. The van der Waals surface area contributed by atoms with Gasteiger partial charge in [0.15, 0.2) is 11.6 Å². The number of benzene rings is 9. The molecule has 320 valence electrons. The molecule has 10 radical (unpaired) electrons. The van der Waals surface area contributed by atoms with Gasteiger partial charge in [-0.1, -0.05) is 175 Å². The standard InChI is InChI=1S/C61H36B5N5/c62-52-51(53(63)55(65)56(66)54(52)64)42-29-32-50(47(34-42)37-14-3-1-4-15-37)70-48-21-11-9-19-43(48)45-30-31-46-44-20-10-12-22-49(44)71(58(46)57(45)70)61-68-59(38-16-5-2-6-17-38)67-60(69-61)39-26-23-36(24-27-39)41-28-25-35-13-7-8-18-40(35)33-41/h1,3-5,7-34H,2,6H2. The molecule has 3 aromatic heterocycles. The molecule has 3 heterocycles. The molecule has 0 unspecified atom stereocenters. The van der Waals surface area contributed by atoms with Crippen LogP contribution < -0.4 is 27.3 Å². The zero-order valence-corrected chi connectivity index (χ0v) is 38.5. The minimum atomic E-state index is 0.174. The second-order valence-electron chi connectivity index (χ2n) is 18.2. The monoisotopic (exact) mass is 893 g/mol. The van der Waals surface area contributed by atoms with Gasteiger partial charge in [0.1, 0.15) is 39.2 Å². The van der Waals surface area contributed by atoms with Crippen molar-refractivity contribution in [2.75, 3.05) is 0 Å². The van der Waals surface area contributed by atoms with Crippen molar-refractivity contribution in [1.82, 2.24) is 24.1 Å². The largest absolute Gasteiger partial charge is 0.307 e. The van der Waals surface area contributed by atoms with Crippen LogP contribution in [0.25, 0.3) is 116 Å². The molecule has 0 saturated carbocycles. The lowest BCUT2D eigenvalue weighted by molar-refractivity contribution is 0.928. The van der Waals surface area contributed by atoms with Gasteiger partial charge in [-0.3, -0.25) is 4.57 Å². The Balaban J connectivity index is 1.08. The van der Waals surface area contributed by atoms with Crippen molar-refractivity contribution in [3.05, 3.63) is 200 Å². The fraction of sp³-hybridized carbons (Fsp3) is 0.0328. The lowest BCUT2D eigenvalue weighted by Crippen LogP contribution is -2.55. The van der Waals surface area contributed by atoms with E-state index in [1.165, 1.54) is 10.8 Å². The third kappa shape index (κ3) is 6.95. The van der Waals surface area contributed by atoms with Gasteiger partial charge >= 0.3 is 0 Å². The van der Waals surface area contributed by atoms with Crippen LogP contribution in [0.1, 0.15) is 18.7 Å². The Morgan fingerprint density at radius 2 is 0.972 bits per heavy atom. The number of fused-ring (bicyclic) bond motifs is 8. The van der Waals surface area contributed by atoms with Gasteiger partial charge in [-0.05, 0) is 81.8 Å². The normalized spacial score (nSPS) is 12.7. The Hall–Kier alpha value is -8.35. The van der Waals surface area contributed by atoms with Crippen LogP contribution in [-0.4, -0.2) is 63.3 Å². The number of aromatic nitrogens is 5. The molecule has 5 nitrogen and oxygen atoms in total. The molecule has 0 atom stereocenters. The summed E-state index contributed by atoms with van der Waals surface area (Å²) in [6.07, 6.45) is 8.40. The van der Waals surface area contributed by atoms with Crippen molar-refractivity contribution >= 4 is 127 Å². The molecule has 0 amide bonds. The minimum Gasteiger partial charge on any atom is -0.307 e. The van der Waals surface area contributed by atoms with E-state index in [1.807, 2.05) is 24.3 Å². The molecule has 71 heavy (non-hydrogen) atoms. The minimum absolute atomic E-state index is 0.174. The van der Waals surface area contributed by atoms with Crippen LogP contribution in [0.2, 0.25) is 0 Å². The molecule has 1 aliphatic rings. The average molecular weight is 893 g/mol. The Morgan fingerprint density at radius 3 is 1.68 bits per heavy atom. The van der Waals surface area contributed by atoms with E-state index in [0.717, 1.165) is 101 Å². The molecule has 13 rings (SSSR count). The molecule has 0 fully saturated rings. The van der Waals surface area contributed by atoms with Crippen LogP contribution >= 0.6 is 0 Å². The van der Waals surface area contributed by atoms with Crippen molar-refractivity contribution in [2.24, 2.45) is 0 Å². The lowest BCUT2D eigenvalue weighted by Gasteiger charge is -2.23. The molecule has 0 saturated heterocycles. The lowest BCUT2D eigenvalue weighted by atomic mass is 9.59. The second-order valence-corrected chi connectivity index (χ2v) is 18.2. The Kier molecular flexibility index (Phi) is 10.2. The van der Waals surface area contributed by atoms with Gasteiger partial charge in [0.2, 0.25) is 5.95 Å². The van der Waals surface area contributed by atoms with Crippen LogP contribution in [0.5, 0.6) is 0 Å². The summed E-state index contributed by atoms with van der Waals surface area (Å²) in [5.74, 6) is 1.71. The molecule has 0 N–H and O–H groups in total. The maximum Gasteiger partial charge on any atom is 0.238 e. The van der Waals surface area contributed by atoms with Crippen LogP contribution in [0, 0.1) is 0 Å². The third-order valence-corrected chi connectivity index (χ3v) is 14.1. The van der Waals surface area contributed by atoms with Crippen molar-refractivity contribution in [3.8, 4) is 56.4 Å². The van der Waals surface area contributed by atoms with E-state index in [9.17, 15) is 0 Å². The van der Waals surface area contributed by atoms with Crippen LogP contribution in [0.3, 0.4) is 0 Å². The molecule has 9 aromatic carbocycles. The highest BCUT2D eigenvalue weighted by Gasteiger charge is 2.25. The summed E-state index contributed by atoms with van der Waals surface area (Å²) >= 11 is 0. The first kappa shape index (κ1) is 42.7. The first-order valence-electron chi connectivity index (χ1n) is 23.7. The predicted molar refractivity (Wildman–Crippen MR) is 301 cm³/mol. The summed E-state index contributed by atoms with van der Waals surface area (Å²) in [4.78, 5) is 16.0. The van der Waals surface area contributed by atoms with E-state index in [0.29, 0.717) is 23.2 Å². The Morgan fingerprint density at radius 1 is 0.394 bits per heavy atom. The molecule has 0 spiro atoms. The number of rotatable bonds is 7. The van der Waals surface area contributed by atoms with Crippen molar-refractivity contribution in [1.29, 1.82) is 0 Å². The van der Waals surface area contributed by atoms with Gasteiger partial charge in [0.05, 0.1) is 27.8 Å². The number of allylic oxidation sites excluding steroid dienone is 4. The Labute approximate surface area is 417 Å². The van der Waals surface area contributed by atoms with Gasteiger partial charge in [0.25, 0.3) is 0 Å². The first-order valence-corrected chi connectivity index (χ1v) is 23.7. The fourth-order valence-corrected chi connectivity index (χ4v) is 10.5. The summed E-state index contributed by atoms with van der Waals surface area (Å²) in [7, 11) is 32.6. The highest BCUT2D eigenvalue weighted by Crippen LogP contribution is 2.44. The van der Waals surface area contributed by atoms with Gasteiger partial charge in [-0.2, -0.15) is 9.97 Å². The molecular formula is C61H36B5N5. The van der Waals surface area contributed by atoms with E-state index in [-0.39, 0.29) is 27.3 Å². The highest BCUT2D eigenvalue weighted by molar-refractivity contribution is 6.68. The SMILES string of the molecule is [B]c1c([B])c([B])c(-c2ccc(-n3c4ccccc4c4ccc5c6ccccc6n(-c6nc(C7=CCCC=C7)nc(-c7ccc(-c8ccc9ccccc9c8)cc7)n6)c5c43)c(-c3ccccc3)c2)c([B])c1[B]. The van der Waals surface area contributed by atoms with E-state index in [4.69, 9.17) is 54.2 Å². The van der Waals surface area contributed by atoms with Crippen LogP contribution in [-0.2, 0) is 0 Å². The molecule has 10 heteroatoms. The van der Waals surface area contributed by atoms with Crippen LogP contribution in [0.15, 0.2) is 194 Å². The summed E-state index contributed by atoms with van der Waals surface area (Å²) in [6, 6.07) is 61.7. The first-order chi connectivity index (χ1) is 34.8. The number of hydrogen-bond donors (Lipinski definition) is 0. The van der Waals surface area contributed by atoms with Gasteiger partial charge in [-0.15, -0.1) is 16.4 Å². The van der Waals surface area contributed by atoms with E-state index in [2.05, 4.69) is 179 Å². The maximum absolute atomic E-state index is 6.71. The fourth-order valence-electron chi connectivity index (χ4n) is 10.5. The summed E-state index contributed by atoms with van der Waals surface area (Å²) in [6.45, 7) is 0. The molecular weight excluding hydrogens is 857 g/mol. The number of hydrogen-bond acceptors (Lipinski definition) is 3. The summed E-state index contributed by atoms with van der Waals surface area (Å²) in [5.41, 5.74) is 13.3. The van der Waals surface area contributed by atoms with Gasteiger partial charge in [-0.25, -0.2) is 4.98 Å². The maximum atomic E-state index is 6.71. The smallest absolute Gasteiger partial charge is 0.238 e. The van der Waals surface area contributed by atoms with Gasteiger partial charge < -0.3 is 4.57 Å². The zero-order valence-electron chi connectivity index (χ0n) is 38.5. The second kappa shape index (κ2) is 17.0. The van der Waals surface area contributed by atoms with Crippen molar-refractivity contribution in [2.45, 2.75) is 12.8 Å². The quantitative estimate of drug-likeness (QED) is 0.150. The molecule has 0 aliphatic heterocycles. The molecule has 12 aromatic rings. The highest BCUT2D eigenvalue weighted by atomic mass is 15.2. The van der Waals surface area contributed by atoms with Crippen molar-refractivity contribution < 1.29 is 0 Å². The van der Waals surface area contributed by atoms with E-state index >= 15 is 0 Å². The van der Waals surface area contributed by atoms with Crippen molar-refractivity contribution in [3.63, 3.8) is 0 Å². The van der Waals surface area contributed by atoms with Gasteiger partial charge in [0, 0.05) is 38.2 Å². The van der Waals surface area contributed by atoms with E-state index < -0.39 is 0 Å². The molecule has 1 aliphatic carbocycles. The summed E-state index contributed by atoms with van der Waals surface area (Å²) in [5, 5.41) is 6.71. The van der Waals surface area contributed by atoms with E-state index in [1.54, 1.807) is 0 Å². The molecule has 0 bridgehead atoms.